The number of rotatable bonds is 4. The molecule has 16 heavy (non-hydrogen) atoms. The molecule has 1 aromatic heterocycles. The van der Waals surface area contributed by atoms with E-state index in [1.807, 2.05) is 0 Å². The molecule has 0 aliphatic rings. The van der Waals surface area contributed by atoms with E-state index in [9.17, 15) is 10.1 Å². The largest absolute Gasteiger partial charge is 0.481 e. The monoisotopic (exact) mass is 225 g/mol. The number of ether oxygens (including phenoxy) is 1. The highest BCUT2D eigenvalue weighted by Gasteiger charge is 2.16. The van der Waals surface area contributed by atoms with Crippen molar-refractivity contribution in [2.75, 3.05) is 7.11 Å². The fourth-order valence-electron chi connectivity index (χ4n) is 1.51. The van der Waals surface area contributed by atoms with Gasteiger partial charge in [0.05, 0.1) is 23.3 Å². The number of hydrogen-bond donors (Lipinski definition) is 0. The van der Waals surface area contributed by atoms with Crippen LogP contribution in [0.5, 0.6) is 5.88 Å². The summed E-state index contributed by atoms with van der Waals surface area (Å²) in [5.74, 6) is 0.533. The second-order valence-electron chi connectivity index (χ2n) is 3.38. The van der Waals surface area contributed by atoms with Crippen LogP contribution >= 0.6 is 0 Å². The van der Waals surface area contributed by atoms with E-state index in [1.54, 1.807) is 25.6 Å². The summed E-state index contributed by atoms with van der Waals surface area (Å²) < 4.78 is 6.72. The van der Waals surface area contributed by atoms with Crippen LogP contribution < -0.4 is 4.74 Å². The lowest BCUT2D eigenvalue weighted by Gasteiger charge is -2.01. The Hall–Kier alpha value is -1.85. The first kappa shape index (κ1) is 12.2. The molecule has 0 aliphatic carbocycles. The van der Waals surface area contributed by atoms with Crippen LogP contribution in [-0.2, 0) is 7.05 Å². The third-order valence-corrected chi connectivity index (χ3v) is 2.32. The molecule has 1 aromatic rings. The SMILES string of the molecule is CCC(=Cc1c(C)nn(C)c1OC)[N+](=O)[O-]. The Kier molecular flexibility index (Phi) is 3.65. The average molecular weight is 225 g/mol. The van der Waals surface area contributed by atoms with Crippen LogP contribution in [0.3, 0.4) is 0 Å². The Labute approximate surface area is 93.7 Å². The number of nitrogens with zero attached hydrogens (tertiary/aromatic N) is 3. The first-order valence-electron chi connectivity index (χ1n) is 4.93. The van der Waals surface area contributed by atoms with Crippen molar-refractivity contribution < 1.29 is 9.66 Å². The number of nitro groups is 1. The van der Waals surface area contributed by atoms with Gasteiger partial charge < -0.3 is 4.74 Å². The van der Waals surface area contributed by atoms with Crippen molar-refractivity contribution in [1.29, 1.82) is 0 Å². The fraction of sp³-hybridized carbons (Fsp3) is 0.500. The van der Waals surface area contributed by atoms with Gasteiger partial charge in [-0.3, -0.25) is 10.1 Å². The van der Waals surface area contributed by atoms with Crippen LogP contribution in [0.1, 0.15) is 24.6 Å². The first-order valence-corrected chi connectivity index (χ1v) is 4.93. The van der Waals surface area contributed by atoms with Crippen molar-refractivity contribution in [3.8, 4) is 5.88 Å². The molecule has 1 rings (SSSR count). The quantitative estimate of drug-likeness (QED) is 0.578. The number of methoxy groups -OCH3 is 1. The number of hydrogen-bond acceptors (Lipinski definition) is 4. The maximum absolute atomic E-state index is 10.7. The highest BCUT2D eigenvalue weighted by Crippen LogP contribution is 2.24. The molecule has 0 spiro atoms. The van der Waals surface area contributed by atoms with Crippen molar-refractivity contribution >= 4 is 6.08 Å². The highest BCUT2D eigenvalue weighted by atomic mass is 16.6. The Morgan fingerprint density at radius 2 is 2.31 bits per heavy atom. The average Bonchev–Trinajstić information content (AvgIpc) is 2.48. The minimum atomic E-state index is -0.383. The summed E-state index contributed by atoms with van der Waals surface area (Å²) in [6, 6.07) is 0. The molecule has 1 heterocycles. The van der Waals surface area contributed by atoms with Gasteiger partial charge in [0.15, 0.2) is 0 Å². The topological polar surface area (TPSA) is 70.2 Å². The van der Waals surface area contributed by atoms with Gasteiger partial charge in [0.2, 0.25) is 11.6 Å². The van der Waals surface area contributed by atoms with E-state index in [0.717, 1.165) is 0 Å². The lowest BCUT2D eigenvalue weighted by Crippen LogP contribution is -1.98. The van der Waals surface area contributed by atoms with Gasteiger partial charge in [-0.2, -0.15) is 5.10 Å². The summed E-state index contributed by atoms with van der Waals surface area (Å²) >= 11 is 0. The molecular formula is C10H15N3O3. The van der Waals surface area contributed by atoms with Crippen LogP contribution in [0.4, 0.5) is 0 Å². The summed E-state index contributed by atoms with van der Waals surface area (Å²) in [5.41, 5.74) is 1.53. The smallest absolute Gasteiger partial charge is 0.246 e. The van der Waals surface area contributed by atoms with Gasteiger partial charge >= 0.3 is 0 Å². The zero-order chi connectivity index (χ0) is 12.3. The van der Waals surface area contributed by atoms with E-state index in [1.165, 1.54) is 13.2 Å². The van der Waals surface area contributed by atoms with Crippen LogP contribution in [0.25, 0.3) is 6.08 Å². The maximum atomic E-state index is 10.7. The van der Waals surface area contributed by atoms with Crippen molar-refractivity contribution in [2.45, 2.75) is 20.3 Å². The lowest BCUT2D eigenvalue weighted by atomic mass is 10.2. The molecule has 0 unspecified atom stereocenters. The van der Waals surface area contributed by atoms with E-state index in [-0.39, 0.29) is 10.6 Å². The zero-order valence-electron chi connectivity index (χ0n) is 9.85. The summed E-state index contributed by atoms with van der Waals surface area (Å²) in [5, 5.41) is 14.9. The van der Waals surface area contributed by atoms with Gasteiger partial charge in [-0.15, -0.1) is 0 Å². The zero-order valence-corrected chi connectivity index (χ0v) is 9.85. The predicted molar refractivity (Wildman–Crippen MR) is 59.8 cm³/mol. The van der Waals surface area contributed by atoms with E-state index >= 15 is 0 Å². The van der Waals surface area contributed by atoms with Gasteiger partial charge in [0, 0.05) is 19.5 Å². The van der Waals surface area contributed by atoms with Crippen molar-refractivity contribution in [3.05, 3.63) is 27.1 Å². The molecule has 0 amide bonds. The standard InChI is InChI=1S/C10H15N3O3/c1-5-8(13(14)15)6-9-7(2)11-12(3)10(9)16-4/h6H,5H2,1-4H3. The number of allylic oxidation sites excluding steroid dienone is 1. The van der Waals surface area contributed by atoms with Gasteiger partial charge in [-0.1, -0.05) is 6.92 Å². The molecule has 88 valence electrons. The van der Waals surface area contributed by atoms with Crippen LogP contribution in [-0.4, -0.2) is 21.8 Å². The van der Waals surface area contributed by atoms with Gasteiger partial charge in [-0.05, 0) is 6.92 Å². The van der Waals surface area contributed by atoms with Crippen molar-refractivity contribution in [3.63, 3.8) is 0 Å². The molecule has 0 aromatic carbocycles. The molecule has 0 radical (unpaired) electrons. The molecule has 6 nitrogen and oxygen atoms in total. The molecule has 0 saturated carbocycles. The maximum Gasteiger partial charge on any atom is 0.246 e. The molecule has 0 fully saturated rings. The molecule has 0 bridgehead atoms. The highest BCUT2D eigenvalue weighted by molar-refractivity contribution is 5.59. The van der Waals surface area contributed by atoms with Crippen LogP contribution in [0.2, 0.25) is 0 Å². The molecule has 6 heteroatoms. The van der Waals surface area contributed by atoms with E-state index < -0.39 is 0 Å². The Bertz CT molecular complexity index is 435. The Morgan fingerprint density at radius 1 is 1.69 bits per heavy atom. The molecule has 0 saturated heterocycles. The lowest BCUT2D eigenvalue weighted by molar-refractivity contribution is -0.425. The van der Waals surface area contributed by atoms with Gasteiger partial charge in [-0.25, -0.2) is 4.68 Å². The summed E-state index contributed by atoms with van der Waals surface area (Å²) in [4.78, 5) is 10.3. The predicted octanol–water partition coefficient (Wildman–Crippen LogP) is 1.76. The number of aryl methyl sites for hydroxylation is 2. The third kappa shape index (κ3) is 2.21. The first-order chi connectivity index (χ1) is 7.51. The Morgan fingerprint density at radius 3 is 2.75 bits per heavy atom. The van der Waals surface area contributed by atoms with Crippen molar-refractivity contribution in [1.82, 2.24) is 9.78 Å². The summed E-state index contributed by atoms with van der Waals surface area (Å²) in [6.07, 6.45) is 1.88. The van der Waals surface area contributed by atoms with E-state index in [0.29, 0.717) is 23.6 Å². The molecular weight excluding hydrogens is 210 g/mol. The summed E-state index contributed by atoms with van der Waals surface area (Å²) in [6.45, 7) is 3.54. The minimum Gasteiger partial charge on any atom is -0.481 e. The molecule has 0 atom stereocenters. The molecule has 0 aliphatic heterocycles. The fourth-order valence-corrected chi connectivity index (χ4v) is 1.51. The minimum absolute atomic E-state index is 0.148. The van der Waals surface area contributed by atoms with Gasteiger partial charge in [0.1, 0.15) is 0 Å². The second-order valence-corrected chi connectivity index (χ2v) is 3.38. The summed E-state index contributed by atoms with van der Waals surface area (Å²) in [7, 11) is 3.26. The molecule has 0 N–H and O–H groups in total. The van der Waals surface area contributed by atoms with Crippen LogP contribution in [0.15, 0.2) is 5.70 Å². The van der Waals surface area contributed by atoms with E-state index in [4.69, 9.17) is 4.74 Å². The third-order valence-electron chi connectivity index (χ3n) is 2.32. The number of aromatic nitrogens is 2. The second kappa shape index (κ2) is 4.78. The van der Waals surface area contributed by atoms with Gasteiger partial charge in [0.25, 0.3) is 0 Å². The Balaban J connectivity index is 3.27. The normalized spacial score (nSPS) is 11.6. The van der Waals surface area contributed by atoms with Crippen molar-refractivity contribution in [2.24, 2.45) is 7.05 Å². The van der Waals surface area contributed by atoms with Crippen LogP contribution in [0, 0.1) is 17.0 Å². The van der Waals surface area contributed by atoms with E-state index in [2.05, 4.69) is 5.10 Å².